The number of nitrogens with zero attached hydrogens (tertiary/aromatic N) is 3. The Kier molecular flexibility index (Phi) is 3.38. The van der Waals surface area contributed by atoms with Crippen molar-refractivity contribution in [3.8, 4) is 0 Å². The maximum atomic E-state index is 8.00. The second kappa shape index (κ2) is 4.59. The Morgan fingerprint density at radius 2 is 2.58 bits per heavy atom. The van der Waals surface area contributed by atoms with Gasteiger partial charge in [-0.25, -0.2) is 0 Å². The Balaban J connectivity index is 2.57. The molecule has 0 saturated heterocycles. The van der Waals surface area contributed by atoms with Gasteiger partial charge < -0.3 is 0 Å². The van der Waals surface area contributed by atoms with Crippen molar-refractivity contribution in [2.24, 2.45) is 5.11 Å². The molecule has 0 aromatic carbocycles. The molecule has 0 atom stereocenters. The van der Waals surface area contributed by atoms with Crippen molar-refractivity contribution in [1.29, 1.82) is 0 Å². The number of hydrogen-bond acceptors (Lipinski definition) is 2. The highest BCUT2D eigenvalue weighted by atomic mass is 32.1. The first-order valence-electron chi connectivity index (χ1n) is 3.56. The molecule has 0 aliphatic rings. The van der Waals surface area contributed by atoms with E-state index >= 15 is 0 Å². The molecule has 0 bridgehead atoms. The summed E-state index contributed by atoms with van der Waals surface area (Å²) < 4.78 is 0. The second-order valence-electron chi connectivity index (χ2n) is 2.25. The molecule has 0 radical (unpaired) electrons. The molecule has 12 heavy (non-hydrogen) atoms. The summed E-state index contributed by atoms with van der Waals surface area (Å²) in [5.74, 6) is 0. The Bertz CT molecular complexity index is 321. The number of azide groups is 1. The summed E-state index contributed by atoms with van der Waals surface area (Å²) in [6, 6.07) is 2.05. The van der Waals surface area contributed by atoms with E-state index in [0.29, 0.717) is 6.54 Å². The fourth-order valence-corrected chi connectivity index (χ4v) is 1.52. The van der Waals surface area contributed by atoms with Crippen molar-refractivity contribution >= 4 is 17.4 Å². The molecule has 1 aromatic rings. The summed E-state index contributed by atoms with van der Waals surface area (Å²) in [4.78, 5) is 3.94. The third kappa shape index (κ3) is 2.42. The van der Waals surface area contributed by atoms with Crippen molar-refractivity contribution in [3.63, 3.8) is 0 Å². The minimum Gasteiger partial charge on any atom is -0.149 e. The standard InChI is InChI=1S/C8H9N3S/c1-7-8(4-6-12-7)3-2-5-10-11-9/h2-4,6H,5H2,1H3. The third-order valence-corrected chi connectivity index (χ3v) is 2.31. The number of rotatable bonds is 3. The van der Waals surface area contributed by atoms with Gasteiger partial charge in [0, 0.05) is 16.3 Å². The van der Waals surface area contributed by atoms with E-state index < -0.39 is 0 Å². The molecule has 1 aromatic heterocycles. The number of thiophene rings is 1. The van der Waals surface area contributed by atoms with Crippen molar-refractivity contribution < 1.29 is 0 Å². The van der Waals surface area contributed by atoms with Crippen LogP contribution in [0.15, 0.2) is 22.6 Å². The van der Waals surface area contributed by atoms with E-state index in [9.17, 15) is 0 Å². The molecule has 0 fully saturated rings. The third-order valence-electron chi connectivity index (χ3n) is 1.45. The van der Waals surface area contributed by atoms with Gasteiger partial charge in [-0.2, -0.15) is 0 Å². The lowest BCUT2D eigenvalue weighted by molar-refractivity contribution is 1.22. The van der Waals surface area contributed by atoms with Gasteiger partial charge >= 0.3 is 0 Å². The Hall–Kier alpha value is -1.25. The lowest BCUT2D eigenvalue weighted by Crippen LogP contribution is -1.70. The Labute approximate surface area is 75.0 Å². The summed E-state index contributed by atoms with van der Waals surface area (Å²) in [6.07, 6.45) is 3.83. The first-order valence-corrected chi connectivity index (χ1v) is 4.44. The van der Waals surface area contributed by atoms with Gasteiger partial charge in [-0.15, -0.1) is 11.3 Å². The minimum absolute atomic E-state index is 0.422. The van der Waals surface area contributed by atoms with Gasteiger partial charge in [0.2, 0.25) is 0 Å². The first-order chi connectivity index (χ1) is 5.84. The average Bonchev–Trinajstić information content (AvgIpc) is 2.46. The van der Waals surface area contributed by atoms with Crippen LogP contribution in [0.1, 0.15) is 10.4 Å². The summed E-state index contributed by atoms with van der Waals surface area (Å²) >= 11 is 1.71. The fraction of sp³-hybridized carbons (Fsp3) is 0.250. The van der Waals surface area contributed by atoms with E-state index in [1.807, 2.05) is 23.6 Å². The van der Waals surface area contributed by atoms with Crippen LogP contribution >= 0.6 is 11.3 Å². The topological polar surface area (TPSA) is 48.8 Å². The van der Waals surface area contributed by atoms with Gasteiger partial charge in [-0.3, -0.25) is 0 Å². The maximum absolute atomic E-state index is 8.00. The summed E-state index contributed by atoms with van der Waals surface area (Å²) in [6.45, 7) is 2.49. The number of hydrogen-bond donors (Lipinski definition) is 0. The molecule has 0 amide bonds. The minimum atomic E-state index is 0.422. The largest absolute Gasteiger partial charge is 0.149 e. The maximum Gasteiger partial charge on any atom is 0.0443 e. The summed E-state index contributed by atoms with van der Waals surface area (Å²) in [5.41, 5.74) is 9.21. The van der Waals surface area contributed by atoms with Crippen LogP contribution in [0.4, 0.5) is 0 Å². The highest BCUT2D eigenvalue weighted by Crippen LogP contribution is 2.15. The van der Waals surface area contributed by atoms with E-state index in [1.165, 1.54) is 10.4 Å². The summed E-state index contributed by atoms with van der Waals surface area (Å²) in [7, 11) is 0. The molecule has 62 valence electrons. The highest BCUT2D eigenvalue weighted by Gasteiger charge is 1.91. The average molecular weight is 179 g/mol. The van der Waals surface area contributed by atoms with Gasteiger partial charge in [0.25, 0.3) is 0 Å². The van der Waals surface area contributed by atoms with Gasteiger partial charge in [0.15, 0.2) is 0 Å². The highest BCUT2D eigenvalue weighted by molar-refractivity contribution is 7.10. The van der Waals surface area contributed by atoms with E-state index in [-0.39, 0.29) is 0 Å². The zero-order valence-electron chi connectivity index (χ0n) is 6.77. The number of aryl methyl sites for hydroxylation is 1. The van der Waals surface area contributed by atoms with Gasteiger partial charge in [0.1, 0.15) is 0 Å². The van der Waals surface area contributed by atoms with E-state index in [2.05, 4.69) is 16.9 Å². The monoisotopic (exact) mass is 179 g/mol. The normalized spacial score (nSPS) is 10.1. The first kappa shape index (κ1) is 8.84. The van der Waals surface area contributed by atoms with Crippen LogP contribution in [0.3, 0.4) is 0 Å². The zero-order chi connectivity index (χ0) is 8.81. The quantitative estimate of drug-likeness (QED) is 0.388. The molecule has 0 unspecified atom stereocenters. The molecule has 0 saturated carbocycles. The van der Waals surface area contributed by atoms with Crippen LogP contribution < -0.4 is 0 Å². The van der Waals surface area contributed by atoms with Gasteiger partial charge in [0.05, 0.1) is 0 Å². The van der Waals surface area contributed by atoms with Crippen molar-refractivity contribution in [2.45, 2.75) is 6.92 Å². The van der Waals surface area contributed by atoms with Crippen LogP contribution in [0, 0.1) is 6.92 Å². The molecule has 0 aliphatic carbocycles. The van der Waals surface area contributed by atoms with Crippen molar-refractivity contribution in [3.05, 3.63) is 38.4 Å². The van der Waals surface area contributed by atoms with E-state index in [1.54, 1.807) is 11.3 Å². The molecule has 1 heterocycles. The molecule has 4 heteroatoms. The predicted octanol–water partition coefficient (Wildman–Crippen LogP) is 3.38. The van der Waals surface area contributed by atoms with Crippen LogP contribution in [-0.4, -0.2) is 6.54 Å². The van der Waals surface area contributed by atoms with Crippen LogP contribution in [0.5, 0.6) is 0 Å². The van der Waals surface area contributed by atoms with Crippen molar-refractivity contribution in [2.75, 3.05) is 6.54 Å². The Morgan fingerprint density at radius 3 is 3.17 bits per heavy atom. The lowest BCUT2D eigenvalue weighted by Gasteiger charge is -1.86. The molecule has 3 nitrogen and oxygen atoms in total. The fourth-order valence-electron chi connectivity index (χ4n) is 0.831. The second-order valence-corrected chi connectivity index (χ2v) is 3.37. The van der Waals surface area contributed by atoms with Crippen LogP contribution in [0.25, 0.3) is 16.5 Å². The van der Waals surface area contributed by atoms with E-state index in [0.717, 1.165) is 0 Å². The Morgan fingerprint density at radius 1 is 1.75 bits per heavy atom. The van der Waals surface area contributed by atoms with Crippen molar-refractivity contribution in [1.82, 2.24) is 0 Å². The molecule has 0 spiro atoms. The summed E-state index contributed by atoms with van der Waals surface area (Å²) in [5, 5.41) is 5.44. The molecular formula is C8H9N3S. The molecule has 0 N–H and O–H groups in total. The molecule has 1 rings (SSSR count). The molecular weight excluding hydrogens is 170 g/mol. The van der Waals surface area contributed by atoms with Gasteiger partial charge in [-0.1, -0.05) is 17.3 Å². The van der Waals surface area contributed by atoms with Crippen LogP contribution in [-0.2, 0) is 0 Å². The van der Waals surface area contributed by atoms with Crippen LogP contribution in [0.2, 0.25) is 0 Å². The SMILES string of the molecule is Cc1sccc1C=CCN=[N+]=[N-]. The van der Waals surface area contributed by atoms with Gasteiger partial charge in [-0.05, 0) is 29.5 Å². The smallest absolute Gasteiger partial charge is 0.0443 e. The lowest BCUT2D eigenvalue weighted by atomic mass is 10.2. The van der Waals surface area contributed by atoms with E-state index in [4.69, 9.17) is 5.53 Å². The zero-order valence-corrected chi connectivity index (χ0v) is 7.58. The molecule has 0 aliphatic heterocycles. The predicted molar refractivity (Wildman–Crippen MR) is 52.1 cm³/mol.